The van der Waals surface area contributed by atoms with Crippen LogP contribution in [0.25, 0.3) is 0 Å². The van der Waals surface area contributed by atoms with E-state index in [1.54, 1.807) is 0 Å². The predicted molar refractivity (Wildman–Crippen MR) is 115 cm³/mol. The van der Waals surface area contributed by atoms with E-state index in [0.29, 0.717) is 5.56 Å². The van der Waals surface area contributed by atoms with Crippen LogP contribution in [-0.4, -0.2) is 45.6 Å². The highest BCUT2D eigenvalue weighted by Gasteiger charge is 2.35. The Morgan fingerprint density at radius 3 is 2.23 bits per heavy atom. The first-order chi connectivity index (χ1) is 14.8. The van der Waals surface area contributed by atoms with Gasteiger partial charge in [0.15, 0.2) is 11.9 Å². The van der Waals surface area contributed by atoms with Crippen LogP contribution in [-0.2, 0) is 25.7 Å². The molecule has 0 aliphatic carbocycles. The number of hydrogen-bond acceptors (Lipinski definition) is 8. The van der Waals surface area contributed by atoms with Crippen LogP contribution in [0.4, 0.5) is 5.69 Å². The summed E-state index contributed by atoms with van der Waals surface area (Å²) in [4.78, 5) is 32.4. The van der Waals surface area contributed by atoms with E-state index in [2.05, 4.69) is 0 Å². The molecule has 0 aromatic heterocycles. The van der Waals surface area contributed by atoms with Crippen LogP contribution in [0.15, 0.2) is 18.2 Å². The molecule has 0 bridgehead atoms. The number of carboxylic acid groups (broad SMARTS) is 1. The maximum atomic E-state index is 11.2. The number of ether oxygens (including phenoxy) is 3. The summed E-state index contributed by atoms with van der Waals surface area (Å²) in [7, 11) is 0. The van der Waals surface area contributed by atoms with Crippen LogP contribution in [0.1, 0.15) is 66.9 Å². The zero-order valence-corrected chi connectivity index (χ0v) is 19.3. The fraction of sp³-hybridized carbons (Fsp3) is 0.619. The van der Waals surface area contributed by atoms with Crippen molar-refractivity contribution in [3.8, 4) is 5.75 Å². The third-order valence-corrected chi connectivity index (χ3v) is 3.46. The Labute approximate surface area is 183 Å². The lowest BCUT2D eigenvalue weighted by atomic mass is 10.1. The van der Waals surface area contributed by atoms with E-state index in [1.807, 2.05) is 41.5 Å². The fourth-order valence-electron chi connectivity index (χ4n) is 2.32. The number of aliphatic hydroxyl groups excluding tert-OH is 1. The highest BCUT2D eigenvalue weighted by molar-refractivity contribution is 5.72. The topological polar surface area (TPSA) is 145 Å². The van der Waals surface area contributed by atoms with E-state index in [0.717, 1.165) is 0 Å². The van der Waals surface area contributed by atoms with Crippen molar-refractivity contribution in [2.45, 2.75) is 86.4 Å². The van der Waals surface area contributed by atoms with Crippen molar-refractivity contribution < 1.29 is 38.9 Å². The number of carboxylic acids is 1. The van der Waals surface area contributed by atoms with Gasteiger partial charge in [-0.1, -0.05) is 47.6 Å². The van der Waals surface area contributed by atoms with Crippen LogP contribution in [0.2, 0.25) is 0 Å². The molecule has 10 heteroatoms. The zero-order chi connectivity index (χ0) is 24.6. The summed E-state index contributed by atoms with van der Waals surface area (Å²) < 4.78 is 15.4. The molecule has 10 nitrogen and oxygen atoms in total. The second-order valence-electron chi connectivity index (χ2n) is 5.48. The third-order valence-electron chi connectivity index (χ3n) is 3.46. The van der Waals surface area contributed by atoms with E-state index in [9.17, 15) is 24.8 Å². The Kier molecular flexibility index (Phi) is 16.7. The first-order valence-corrected chi connectivity index (χ1v) is 10.4. The van der Waals surface area contributed by atoms with Crippen molar-refractivity contribution >= 4 is 17.6 Å². The summed E-state index contributed by atoms with van der Waals surface area (Å²) in [5.41, 5.74) is 0.00227. The van der Waals surface area contributed by atoms with Gasteiger partial charge < -0.3 is 24.4 Å². The first-order valence-electron chi connectivity index (χ1n) is 10.4. The van der Waals surface area contributed by atoms with Gasteiger partial charge >= 0.3 is 17.6 Å². The minimum atomic E-state index is -1.25. The lowest BCUT2D eigenvalue weighted by Crippen LogP contribution is -2.42. The van der Waals surface area contributed by atoms with Crippen molar-refractivity contribution in [2.24, 2.45) is 0 Å². The Balaban J connectivity index is 0. The van der Waals surface area contributed by atoms with E-state index >= 15 is 0 Å². The summed E-state index contributed by atoms with van der Waals surface area (Å²) in [5.74, 6) is -1.91. The smallest absolute Gasteiger partial charge is 0.333 e. The minimum absolute atomic E-state index is 0.0177. The molecule has 1 aliphatic rings. The molecule has 0 radical (unpaired) electrons. The van der Waals surface area contributed by atoms with Crippen molar-refractivity contribution in [1.82, 2.24) is 0 Å². The van der Waals surface area contributed by atoms with Gasteiger partial charge in [-0.15, -0.1) is 0 Å². The number of rotatable bonds is 6. The second-order valence-corrected chi connectivity index (χ2v) is 5.48. The number of aliphatic hydroxyl groups is 1. The highest BCUT2D eigenvalue weighted by Crippen LogP contribution is 2.31. The molecule has 1 fully saturated rings. The molecule has 3 atom stereocenters. The number of carbonyl (C=O) groups is 2. The lowest BCUT2D eigenvalue weighted by Gasteiger charge is -2.30. The maximum absolute atomic E-state index is 11.2. The number of aliphatic carboxylic acids is 1. The predicted octanol–water partition coefficient (Wildman–Crippen LogP) is 4.07. The molecular formula is C21H35NO9. The van der Waals surface area contributed by atoms with Gasteiger partial charge in [-0.3, -0.25) is 14.9 Å². The second kappa shape index (κ2) is 17.0. The van der Waals surface area contributed by atoms with Crippen LogP contribution in [0.5, 0.6) is 5.75 Å². The van der Waals surface area contributed by atoms with Crippen LogP contribution in [0.3, 0.4) is 0 Å². The van der Waals surface area contributed by atoms with E-state index in [4.69, 9.17) is 19.3 Å². The minimum Gasteiger partial charge on any atom is -0.479 e. The molecule has 2 rings (SSSR count). The molecule has 1 aromatic rings. The average molecular weight is 446 g/mol. The average Bonchev–Trinajstić information content (AvgIpc) is 2.76. The summed E-state index contributed by atoms with van der Waals surface area (Å²) in [6, 6.07) is 3.96. The van der Waals surface area contributed by atoms with Crippen molar-refractivity contribution in [1.29, 1.82) is 0 Å². The fourth-order valence-corrected chi connectivity index (χ4v) is 2.32. The number of nitro benzene ring substituents is 1. The summed E-state index contributed by atoms with van der Waals surface area (Å²) >= 11 is 0. The van der Waals surface area contributed by atoms with E-state index in [-0.39, 0.29) is 30.9 Å². The summed E-state index contributed by atoms with van der Waals surface area (Å²) in [5, 5.41) is 29.9. The summed E-state index contributed by atoms with van der Waals surface area (Å²) in [6.45, 7) is 13.1. The molecule has 1 aromatic carbocycles. The number of esters is 1. The molecule has 0 amide bonds. The van der Waals surface area contributed by atoms with Crippen molar-refractivity contribution in [3.05, 3.63) is 33.9 Å². The van der Waals surface area contributed by atoms with Gasteiger partial charge in [0.2, 0.25) is 6.29 Å². The van der Waals surface area contributed by atoms with Crippen LogP contribution < -0.4 is 4.74 Å². The van der Waals surface area contributed by atoms with E-state index in [1.165, 1.54) is 25.1 Å². The lowest BCUT2D eigenvalue weighted by molar-refractivity contribution is -0.386. The van der Waals surface area contributed by atoms with Gasteiger partial charge in [0, 0.05) is 25.8 Å². The largest absolute Gasteiger partial charge is 0.479 e. The normalized spacial score (nSPS) is 19.0. The number of benzene rings is 1. The van der Waals surface area contributed by atoms with Gasteiger partial charge in [0.25, 0.3) is 0 Å². The number of nitro groups is 1. The van der Waals surface area contributed by atoms with Gasteiger partial charge in [-0.05, 0) is 11.6 Å². The highest BCUT2D eigenvalue weighted by atomic mass is 16.7. The van der Waals surface area contributed by atoms with E-state index < -0.39 is 35.4 Å². The maximum Gasteiger partial charge on any atom is 0.333 e. The third kappa shape index (κ3) is 11.3. The Morgan fingerprint density at radius 1 is 1.16 bits per heavy atom. The Bertz CT molecular complexity index is 679. The zero-order valence-electron chi connectivity index (χ0n) is 19.3. The molecule has 0 saturated carbocycles. The van der Waals surface area contributed by atoms with Gasteiger partial charge in [0.1, 0.15) is 6.61 Å². The number of nitrogens with zero attached hydrogens (tertiary/aromatic N) is 1. The molecule has 3 unspecified atom stereocenters. The van der Waals surface area contributed by atoms with Gasteiger partial charge in [-0.2, -0.15) is 0 Å². The van der Waals surface area contributed by atoms with Crippen molar-refractivity contribution in [3.63, 3.8) is 0 Å². The molecule has 31 heavy (non-hydrogen) atoms. The first kappa shape index (κ1) is 30.5. The Morgan fingerprint density at radius 2 is 1.74 bits per heavy atom. The molecule has 178 valence electrons. The van der Waals surface area contributed by atoms with Crippen molar-refractivity contribution in [2.75, 3.05) is 0 Å². The number of carbonyl (C=O) groups excluding carboxylic acids is 1. The standard InChI is InChI=1S/C15H17NO9.3C2H6/c1-8(17)23-7-9-2-3-12(11(4-9)16(21)22)24-14-6-10(18)5-13(25-14)15(19)20;3*1-2/h2-4,10,13-14,18H,5-7H2,1H3,(H,19,20);3*1-2H3. The van der Waals surface area contributed by atoms with Crippen LogP contribution in [0, 0.1) is 10.1 Å². The quantitative estimate of drug-likeness (QED) is 0.376. The molecule has 2 N–H and O–H groups in total. The molecule has 1 saturated heterocycles. The Hall–Kier alpha value is -2.72. The molecule has 1 aliphatic heterocycles. The van der Waals surface area contributed by atoms with Gasteiger partial charge in [-0.25, -0.2) is 4.79 Å². The van der Waals surface area contributed by atoms with Gasteiger partial charge in [0.05, 0.1) is 11.0 Å². The van der Waals surface area contributed by atoms with Crippen LogP contribution >= 0.6 is 0 Å². The SMILES string of the molecule is CC.CC.CC.CC(=O)OCc1ccc(OC2CC(O)CC(C(=O)O)O2)c([N+](=O)[O-])c1. The monoisotopic (exact) mass is 445 g/mol. The summed E-state index contributed by atoms with van der Waals surface area (Å²) in [6.07, 6.45) is -3.45. The molecule has 0 spiro atoms. The molecule has 1 heterocycles. The number of hydrogen-bond donors (Lipinski definition) is 2. The molecular weight excluding hydrogens is 410 g/mol.